The Kier molecular flexibility index (Phi) is 5.68. The number of hydrogen-bond acceptors (Lipinski definition) is 7. The van der Waals surface area contributed by atoms with Crippen molar-refractivity contribution in [2.75, 3.05) is 31.1 Å². The third-order valence-corrected chi connectivity index (χ3v) is 7.82. The smallest absolute Gasteiger partial charge is 0.270 e. The van der Waals surface area contributed by atoms with Gasteiger partial charge in [0.05, 0.1) is 15.5 Å². The van der Waals surface area contributed by atoms with Gasteiger partial charge < -0.3 is 4.90 Å². The lowest BCUT2D eigenvalue weighted by Gasteiger charge is -2.34. The third kappa shape index (κ3) is 4.20. The molecule has 10 heteroatoms. The van der Waals surface area contributed by atoms with E-state index in [4.69, 9.17) is 0 Å². The third-order valence-electron chi connectivity index (χ3n) is 5.92. The summed E-state index contributed by atoms with van der Waals surface area (Å²) in [5.74, 6) is 0.678. The normalized spacial score (nSPS) is 14.9. The second-order valence-corrected chi connectivity index (χ2v) is 9.92. The van der Waals surface area contributed by atoms with Gasteiger partial charge in [-0.2, -0.15) is 4.31 Å². The van der Waals surface area contributed by atoms with Gasteiger partial charge in [-0.15, -0.1) is 10.2 Å². The van der Waals surface area contributed by atoms with Gasteiger partial charge in [0.15, 0.2) is 5.82 Å². The lowest BCUT2D eigenvalue weighted by molar-refractivity contribution is -0.385. The molecule has 0 bridgehead atoms. The summed E-state index contributed by atoms with van der Waals surface area (Å²) >= 11 is 0. The highest BCUT2D eigenvalue weighted by atomic mass is 32.2. The van der Waals surface area contributed by atoms with E-state index in [0.717, 1.165) is 28.1 Å². The molecule has 2 heterocycles. The van der Waals surface area contributed by atoms with Gasteiger partial charge in [-0.25, -0.2) is 8.42 Å². The van der Waals surface area contributed by atoms with Crippen LogP contribution >= 0.6 is 0 Å². The zero-order valence-electron chi connectivity index (χ0n) is 18.1. The van der Waals surface area contributed by atoms with Crippen LogP contribution in [0.1, 0.15) is 0 Å². The van der Waals surface area contributed by atoms with Crippen molar-refractivity contribution in [1.29, 1.82) is 0 Å². The zero-order chi connectivity index (χ0) is 23.7. The zero-order valence-corrected chi connectivity index (χ0v) is 18.9. The first-order valence-electron chi connectivity index (χ1n) is 10.7. The van der Waals surface area contributed by atoms with Gasteiger partial charge >= 0.3 is 0 Å². The maximum atomic E-state index is 13.0. The summed E-state index contributed by atoms with van der Waals surface area (Å²) in [4.78, 5) is 12.3. The minimum atomic E-state index is -3.82. The average Bonchev–Trinajstić information content (AvgIpc) is 2.88. The number of aromatic nitrogens is 2. The van der Waals surface area contributed by atoms with Gasteiger partial charge in [-0.05, 0) is 35.0 Å². The average molecular weight is 476 g/mol. The van der Waals surface area contributed by atoms with Gasteiger partial charge in [-0.3, -0.25) is 10.1 Å². The maximum absolute atomic E-state index is 13.0. The van der Waals surface area contributed by atoms with Crippen LogP contribution in [0.4, 0.5) is 11.5 Å². The van der Waals surface area contributed by atoms with Crippen LogP contribution in [0, 0.1) is 10.1 Å². The fourth-order valence-corrected chi connectivity index (χ4v) is 5.52. The molecule has 9 nitrogen and oxygen atoms in total. The number of rotatable bonds is 5. The fraction of sp³-hybridized carbons (Fsp3) is 0.167. The second-order valence-electron chi connectivity index (χ2n) is 7.98. The highest BCUT2D eigenvalue weighted by Crippen LogP contribution is 2.25. The fourth-order valence-electron chi connectivity index (χ4n) is 4.06. The number of nitro benzene ring substituents is 1. The molecule has 1 saturated heterocycles. The van der Waals surface area contributed by atoms with Crippen LogP contribution in [0.5, 0.6) is 0 Å². The Labute approximate surface area is 196 Å². The molecular formula is C24H21N5O4S. The number of non-ortho nitro benzene ring substituents is 1. The monoisotopic (exact) mass is 475 g/mol. The number of fused-ring (bicyclic) bond motifs is 1. The van der Waals surface area contributed by atoms with Gasteiger partial charge in [0.25, 0.3) is 5.69 Å². The van der Waals surface area contributed by atoms with Crippen molar-refractivity contribution in [1.82, 2.24) is 14.5 Å². The molecule has 1 aliphatic heterocycles. The summed E-state index contributed by atoms with van der Waals surface area (Å²) < 4.78 is 27.3. The van der Waals surface area contributed by atoms with Crippen LogP contribution in [-0.2, 0) is 10.0 Å². The summed E-state index contributed by atoms with van der Waals surface area (Å²) in [7, 11) is -3.82. The largest absolute Gasteiger partial charge is 0.352 e. The number of anilines is 1. The Morgan fingerprint density at radius 3 is 2.26 bits per heavy atom. The van der Waals surface area contributed by atoms with E-state index in [0.29, 0.717) is 18.9 Å². The van der Waals surface area contributed by atoms with E-state index in [2.05, 4.69) is 34.5 Å². The van der Waals surface area contributed by atoms with E-state index in [1.54, 1.807) is 0 Å². The topological polar surface area (TPSA) is 110 Å². The van der Waals surface area contributed by atoms with Crippen molar-refractivity contribution in [3.63, 3.8) is 0 Å². The maximum Gasteiger partial charge on any atom is 0.270 e. The minimum Gasteiger partial charge on any atom is -0.352 e. The highest BCUT2D eigenvalue weighted by molar-refractivity contribution is 7.89. The van der Waals surface area contributed by atoms with E-state index < -0.39 is 14.9 Å². The first-order valence-corrected chi connectivity index (χ1v) is 12.2. The first-order chi connectivity index (χ1) is 16.4. The number of benzene rings is 3. The van der Waals surface area contributed by atoms with Crippen molar-refractivity contribution in [2.45, 2.75) is 4.90 Å². The molecule has 4 aromatic rings. The van der Waals surface area contributed by atoms with Crippen LogP contribution in [0.25, 0.3) is 22.0 Å². The molecule has 3 aromatic carbocycles. The standard InChI is InChI=1S/C24H21N5O4S/c30-29(31)21-6-3-7-22(17-21)34(32,33)28-14-12-27(13-15-28)24-11-10-23(25-26-24)20-9-8-18-4-1-2-5-19(18)16-20/h1-11,16-17H,12-15H2. The number of sulfonamides is 1. The van der Waals surface area contributed by atoms with E-state index in [-0.39, 0.29) is 23.7 Å². The molecule has 0 unspecified atom stereocenters. The molecular weight excluding hydrogens is 454 g/mol. The lowest BCUT2D eigenvalue weighted by atomic mass is 10.1. The second kappa shape index (κ2) is 8.81. The van der Waals surface area contributed by atoms with E-state index in [1.807, 2.05) is 35.2 Å². The first kappa shape index (κ1) is 21.9. The molecule has 0 aliphatic carbocycles. The molecule has 1 fully saturated rings. The Morgan fingerprint density at radius 2 is 1.56 bits per heavy atom. The Hall–Kier alpha value is -3.89. The predicted molar refractivity (Wildman–Crippen MR) is 129 cm³/mol. The molecule has 0 radical (unpaired) electrons. The SMILES string of the molecule is O=[N+]([O-])c1cccc(S(=O)(=O)N2CCN(c3ccc(-c4ccc5ccccc5c4)nn3)CC2)c1. The lowest BCUT2D eigenvalue weighted by Crippen LogP contribution is -2.49. The van der Waals surface area contributed by atoms with Gasteiger partial charge in [0, 0.05) is 43.9 Å². The quantitative estimate of drug-likeness (QED) is 0.320. The van der Waals surface area contributed by atoms with Crippen molar-refractivity contribution < 1.29 is 13.3 Å². The molecule has 0 amide bonds. The Bertz CT molecular complexity index is 1470. The molecule has 34 heavy (non-hydrogen) atoms. The molecule has 0 N–H and O–H groups in total. The highest BCUT2D eigenvalue weighted by Gasteiger charge is 2.30. The van der Waals surface area contributed by atoms with Crippen molar-refractivity contribution in [3.8, 4) is 11.3 Å². The summed E-state index contributed by atoms with van der Waals surface area (Å²) in [5, 5.41) is 22.1. The molecule has 172 valence electrons. The predicted octanol–water partition coefficient (Wildman–Crippen LogP) is 3.72. The molecule has 0 atom stereocenters. The van der Waals surface area contributed by atoms with Crippen molar-refractivity contribution >= 4 is 32.3 Å². The molecule has 0 saturated carbocycles. The summed E-state index contributed by atoms with van der Waals surface area (Å²) in [6, 6.07) is 23.2. The number of nitrogens with zero attached hydrogens (tertiary/aromatic N) is 5. The van der Waals surface area contributed by atoms with Gasteiger partial charge in [0.1, 0.15) is 0 Å². The van der Waals surface area contributed by atoms with Crippen LogP contribution in [0.2, 0.25) is 0 Å². The van der Waals surface area contributed by atoms with Crippen LogP contribution in [0.3, 0.4) is 0 Å². The van der Waals surface area contributed by atoms with E-state index in [9.17, 15) is 18.5 Å². The van der Waals surface area contributed by atoms with Gasteiger partial charge in [0.2, 0.25) is 10.0 Å². The van der Waals surface area contributed by atoms with E-state index in [1.165, 1.54) is 22.5 Å². The summed E-state index contributed by atoms with van der Waals surface area (Å²) in [5.41, 5.74) is 1.49. The van der Waals surface area contributed by atoms with Crippen molar-refractivity contribution in [2.24, 2.45) is 0 Å². The summed E-state index contributed by atoms with van der Waals surface area (Å²) in [6.07, 6.45) is 0. The van der Waals surface area contributed by atoms with Crippen molar-refractivity contribution in [3.05, 3.63) is 89.0 Å². The van der Waals surface area contributed by atoms with Crippen LogP contribution in [0.15, 0.2) is 83.8 Å². The van der Waals surface area contributed by atoms with Crippen LogP contribution in [-0.4, -0.2) is 54.0 Å². The summed E-state index contributed by atoms with van der Waals surface area (Å²) in [6.45, 7) is 1.38. The number of hydrogen-bond donors (Lipinski definition) is 0. The Balaban J connectivity index is 1.28. The minimum absolute atomic E-state index is 0.0744. The van der Waals surface area contributed by atoms with E-state index >= 15 is 0 Å². The Morgan fingerprint density at radius 1 is 0.794 bits per heavy atom. The van der Waals surface area contributed by atoms with Crippen LogP contribution < -0.4 is 4.90 Å². The van der Waals surface area contributed by atoms with Gasteiger partial charge in [-0.1, -0.05) is 42.5 Å². The molecule has 0 spiro atoms. The number of nitro groups is 1. The number of piperazine rings is 1. The molecule has 5 rings (SSSR count). The molecule has 1 aliphatic rings. The molecule has 1 aromatic heterocycles.